The largest absolute Gasteiger partial charge is 0.497 e. The van der Waals surface area contributed by atoms with Gasteiger partial charge in [-0.3, -0.25) is 0 Å². The maximum Gasteiger partial charge on any atom is 0.118 e. The first-order valence-corrected chi connectivity index (χ1v) is 6.92. The smallest absolute Gasteiger partial charge is 0.118 e. The fourth-order valence-electron chi connectivity index (χ4n) is 2.47. The van der Waals surface area contributed by atoms with Gasteiger partial charge in [0.05, 0.1) is 24.6 Å². The molecule has 0 fully saturated rings. The first-order chi connectivity index (χ1) is 10.2. The number of aromatic nitrogens is 1. The first kappa shape index (κ1) is 13.5. The average Bonchev–Trinajstić information content (AvgIpc) is 2.92. The van der Waals surface area contributed by atoms with E-state index < -0.39 is 0 Å². The molecule has 1 heterocycles. The number of rotatable bonds is 3. The molecule has 4 heteroatoms. The molecule has 0 saturated carbocycles. The van der Waals surface area contributed by atoms with Gasteiger partial charge in [-0.2, -0.15) is 5.26 Å². The van der Waals surface area contributed by atoms with Gasteiger partial charge in [0.15, 0.2) is 0 Å². The number of nitriles is 1. The van der Waals surface area contributed by atoms with Crippen LogP contribution in [0.15, 0.2) is 42.6 Å². The van der Waals surface area contributed by atoms with Crippen molar-refractivity contribution in [2.45, 2.75) is 6.42 Å². The van der Waals surface area contributed by atoms with Gasteiger partial charge in [-0.1, -0.05) is 29.8 Å². The minimum absolute atomic E-state index is 0.339. The van der Waals surface area contributed by atoms with Crippen molar-refractivity contribution in [1.82, 2.24) is 4.98 Å². The Labute approximate surface area is 127 Å². The molecule has 2 aromatic carbocycles. The van der Waals surface area contributed by atoms with Gasteiger partial charge in [-0.05, 0) is 29.3 Å². The summed E-state index contributed by atoms with van der Waals surface area (Å²) >= 11 is 6.57. The van der Waals surface area contributed by atoms with Gasteiger partial charge in [0, 0.05) is 22.7 Å². The number of fused-ring (bicyclic) bond motifs is 1. The van der Waals surface area contributed by atoms with Crippen LogP contribution in [0.3, 0.4) is 0 Å². The number of halogens is 1. The van der Waals surface area contributed by atoms with Crippen LogP contribution in [0, 0.1) is 11.3 Å². The van der Waals surface area contributed by atoms with Crippen LogP contribution in [-0.2, 0) is 6.42 Å². The highest BCUT2D eigenvalue weighted by Crippen LogP contribution is 2.36. The van der Waals surface area contributed by atoms with Gasteiger partial charge in [-0.25, -0.2) is 0 Å². The van der Waals surface area contributed by atoms with Crippen molar-refractivity contribution in [2.24, 2.45) is 0 Å². The number of hydrogen-bond acceptors (Lipinski definition) is 2. The molecule has 0 atom stereocenters. The topological polar surface area (TPSA) is 48.8 Å². The second-order valence-electron chi connectivity index (χ2n) is 4.73. The molecule has 1 aromatic heterocycles. The van der Waals surface area contributed by atoms with Gasteiger partial charge in [0.25, 0.3) is 0 Å². The van der Waals surface area contributed by atoms with Crippen LogP contribution in [0.1, 0.15) is 5.56 Å². The fraction of sp³-hybridized carbons (Fsp3) is 0.118. The number of nitrogens with zero attached hydrogens (tertiary/aromatic N) is 1. The van der Waals surface area contributed by atoms with E-state index in [1.807, 2.05) is 42.6 Å². The van der Waals surface area contributed by atoms with Gasteiger partial charge < -0.3 is 9.72 Å². The normalized spacial score (nSPS) is 10.5. The highest BCUT2D eigenvalue weighted by molar-refractivity contribution is 6.38. The Hall–Kier alpha value is -2.44. The number of benzene rings is 2. The molecule has 3 rings (SSSR count). The Bertz CT molecular complexity index is 828. The van der Waals surface area contributed by atoms with E-state index >= 15 is 0 Å². The van der Waals surface area contributed by atoms with Gasteiger partial charge in [-0.15, -0.1) is 0 Å². The summed E-state index contributed by atoms with van der Waals surface area (Å²) in [6.45, 7) is 0. The van der Waals surface area contributed by atoms with E-state index in [9.17, 15) is 0 Å². The summed E-state index contributed by atoms with van der Waals surface area (Å²) in [6, 6.07) is 13.9. The number of methoxy groups -OCH3 is 1. The van der Waals surface area contributed by atoms with Crippen molar-refractivity contribution in [3.63, 3.8) is 0 Å². The number of aromatic amines is 1. The standard InChI is InChI=1S/C17H13ClN2O/c1-21-13-4-2-11(3-5-13)14-6-7-15-16(17(14)18)12(8-9-19)10-20-15/h2-7,10,20H,8H2,1H3. The minimum Gasteiger partial charge on any atom is -0.497 e. The molecule has 0 spiro atoms. The van der Waals surface area contributed by atoms with Crippen molar-refractivity contribution in [2.75, 3.05) is 7.11 Å². The van der Waals surface area contributed by atoms with Crippen molar-refractivity contribution in [1.29, 1.82) is 5.26 Å². The zero-order chi connectivity index (χ0) is 14.8. The van der Waals surface area contributed by atoms with Crippen LogP contribution in [0.4, 0.5) is 0 Å². The van der Waals surface area contributed by atoms with E-state index in [4.69, 9.17) is 21.6 Å². The fourth-order valence-corrected chi connectivity index (χ4v) is 2.86. The van der Waals surface area contributed by atoms with Gasteiger partial charge >= 0.3 is 0 Å². The molecule has 0 radical (unpaired) electrons. The molecule has 0 unspecified atom stereocenters. The Kier molecular flexibility index (Phi) is 3.55. The molecule has 1 N–H and O–H groups in total. The number of hydrogen-bond donors (Lipinski definition) is 1. The molecular formula is C17H13ClN2O. The lowest BCUT2D eigenvalue weighted by atomic mass is 10.0. The average molecular weight is 297 g/mol. The van der Waals surface area contributed by atoms with E-state index in [-0.39, 0.29) is 0 Å². The number of ether oxygens (including phenoxy) is 1. The lowest BCUT2D eigenvalue weighted by Crippen LogP contribution is -1.85. The van der Waals surface area contributed by atoms with E-state index in [1.54, 1.807) is 7.11 Å². The molecule has 21 heavy (non-hydrogen) atoms. The van der Waals surface area contributed by atoms with Gasteiger partial charge in [0.1, 0.15) is 5.75 Å². The number of H-pyrrole nitrogens is 1. The highest BCUT2D eigenvalue weighted by atomic mass is 35.5. The van der Waals surface area contributed by atoms with Gasteiger partial charge in [0.2, 0.25) is 0 Å². The molecule has 0 bridgehead atoms. The third-order valence-electron chi connectivity index (χ3n) is 3.54. The molecule has 104 valence electrons. The molecular weight excluding hydrogens is 284 g/mol. The van der Waals surface area contributed by atoms with Crippen LogP contribution in [0.25, 0.3) is 22.0 Å². The highest BCUT2D eigenvalue weighted by Gasteiger charge is 2.12. The summed E-state index contributed by atoms with van der Waals surface area (Å²) in [7, 11) is 1.64. The van der Waals surface area contributed by atoms with Crippen LogP contribution >= 0.6 is 11.6 Å². The third kappa shape index (κ3) is 2.35. The van der Waals surface area contributed by atoms with Crippen LogP contribution < -0.4 is 4.74 Å². The Balaban J connectivity index is 2.16. The predicted octanol–water partition coefficient (Wildman–Crippen LogP) is 4.56. The lowest BCUT2D eigenvalue weighted by Gasteiger charge is -2.08. The molecule has 0 aliphatic carbocycles. The molecule has 0 aliphatic rings. The number of nitrogens with one attached hydrogen (secondary N) is 1. The molecule has 3 nitrogen and oxygen atoms in total. The third-order valence-corrected chi connectivity index (χ3v) is 3.93. The minimum atomic E-state index is 0.339. The van der Waals surface area contributed by atoms with Crippen LogP contribution in [0.2, 0.25) is 5.02 Å². The molecule has 0 aliphatic heterocycles. The van der Waals surface area contributed by atoms with E-state index in [1.165, 1.54) is 0 Å². The Morgan fingerprint density at radius 3 is 2.62 bits per heavy atom. The van der Waals surface area contributed by atoms with E-state index in [2.05, 4.69) is 11.1 Å². The van der Waals surface area contributed by atoms with Crippen molar-refractivity contribution in [3.8, 4) is 22.9 Å². The van der Waals surface area contributed by atoms with E-state index in [0.717, 1.165) is 33.3 Å². The van der Waals surface area contributed by atoms with Crippen molar-refractivity contribution >= 4 is 22.5 Å². The SMILES string of the molecule is COc1ccc(-c2ccc3[nH]cc(CC#N)c3c2Cl)cc1. The Morgan fingerprint density at radius 2 is 1.95 bits per heavy atom. The van der Waals surface area contributed by atoms with Crippen LogP contribution in [-0.4, -0.2) is 12.1 Å². The monoisotopic (exact) mass is 296 g/mol. The summed E-state index contributed by atoms with van der Waals surface area (Å²) in [5.41, 5.74) is 3.84. The summed E-state index contributed by atoms with van der Waals surface area (Å²) in [5, 5.41) is 10.5. The molecule has 3 aromatic rings. The maximum atomic E-state index is 8.91. The second-order valence-corrected chi connectivity index (χ2v) is 5.10. The quantitative estimate of drug-likeness (QED) is 0.770. The van der Waals surface area contributed by atoms with Crippen molar-refractivity contribution in [3.05, 3.63) is 53.2 Å². The first-order valence-electron chi connectivity index (χ1n) is 6.54. The zero-order valence-corrected chi connectivity index (χ0v) is 12.2. The lowest BCUT2D eigenvalue weighted by molar-refractivity contribution is 0.415. The summed E-state index contributed by atoms with van der Waals surface area (Å²) in [6.07, 6.45) is 2.18. The second kappa shape index (κ2) is 5.51. The molecule has 0 saturated heterocycles. The summed E-state index contributed by atoms with van der Waals surface area (Å²) < 4.78 is 5.17. The Morgan fingerprint density at radius 1 is 1.19 bits per heavy atom. The van der Waals surface area contributed by atoms with E-state index in [0.29, 0.717) is 11.4 Å². The van der Waals surface area contributed by atoms with Crippen LogP contribution in [0.5, 0.6) is 5.75 Å². The predicted molar refractivity (Wildman–Crippen MR) is 84.6 cm³/mol. The summed E-state index contributed by atoms with van der Waals surface area (Å²) in [4.78, 5) is 3.16. The maximum absolute atomic E-state index is 8.91. The zero-order valence-electron chi connectivity index (χ0n) is 11.5. The van der Waals surface area contributed by atoms with Crippen molar-refractivity contribution < 1.29 is 4.74 Å². The summed E-state index contributed by atoms with van der Waals surface area (Å²) in [5.74, 6) is 0.808. The molecule has 0 amide bonds.